The molecule has 0 unspecified atom stereocenters. The lowest BCUT2D eigenvalue weighted by Crippen LogP contribution is -2.11. The van der Waals surface area contributed by atoms with Gasteiger partial charge < -0.3 is 14.2 Å². The summed E-state index contributed by atoms with van der Waals surface area (Å²) in [5, 5.41) is 0. The first-order chi connectivity index (χ1) is 16.4. The van der Waals surface area contributed by atoms with Crippen LogP contribution in [-0.2, 0) is 9.53 Å². The minimum Gasteiger partial charge on any atom is -0.462 e. The molecule has 0 aromatic heterocycles. The van der Waals surface area contributed by atoms with Gasteiger partial charge in [0.1, 0.15) is 17.3 Å². The van der Waals surface area contributed by atoms with Crippen molar-refractivity contribution in [3.8, 4) is 11.5 Å². The summed E-state index contributed by atoms with van der Waals surface area (Å²) >= 11 is 0. The van der Waals surface area contributed by atoms with Crippen molar-refractivity contribution in [2.75, 3.05) is 6.61 Å². The van der Waals surface area contributed by atoms with Gasteiger partial charge in [-0.05, 0) is 49.7 Å². The van der Waals surface area contributed by atoms with E-state index in [0.29, 0.717) is 12.2 Å². The highest BCUT2D eigenvalue weighted by molar-refractivity contribution is 5.92. The van der Waals surface area contributed by atoms with Crippen LogP contribution in [0.2, 0.25) is 0 Å². The first-order valence-corrected chi connectivity index (χ1v) is 11.9. The van der Waals surface area contributed by atoms with E-state index in [1.807, 2.05) is 0 Å². The van der Waals surface area contributed by atoms with Gasteiger partial charge in [-0.3, -0.25) is 4.79 Å². The molecule has 0 atom stereocenters. The maximum Gasteiger partial charge on any atom is 0.343 e. The van der Waals surface area contributed by atoms with E-state index in [4.69, 9.17) is 14.2 Å². The third kappa shape index (κ3) is 9.33. The number of hydrogen-bond donors (Lipinski definition) is 0. The topological polar surface area (TPSA) is 78.9 Å². The molecule has 0 fully saturated rings. The molecule has 6 nitrogen and oxygen atoms in total. The Hall–Kier alpha value is -3.22. The molecule has 0 radical (unpaired) electrons. The maximum atomic E-state index is 14.1. The van der Waals surface area contributed by atoms with Gasteiger partial charge in [0.2, 0.25) is 0 Å². The molecular weight excluding hydrogens is 439 g/mol. The van der Waals surface area contributed by atoms with Crippen LogP contribution in [0.4, 0.5) is 4.39 Å². The molecule has 184 valence electrons. The van der Waals surface area contributed by atoms with Gasteiger partial charge in [-0.2, -0.15) is 0 Å². The van der Waals surface area contributed by atoms with Gasteiger partial charge in [-0.15, -0.1) is 0 Å². The molecule has 0 aliphatic rings. The maximum absolute atomic E-state index is 14.1. The zero-order valence-corrected chi connectivity index (χ0v) is 19.9. The van der Waals surface area contributed by atoms with E-state index in [0.717, 1.165) is 25.3 Å². The normalized spacial score (nSPS) is 10.6. The van der Waals surface area contributed by atoms with Gasteiger partial charge in [0.05, 0.1) is 17.7 Å². The summed E-state index contributed by atoms with van der Waals surface area (Å²) in [6.45, 7) is 3.94. The summed E-state index contributed by atoms with van der Waals surface area (Å²) in [6, 6.07) is 9.40. The molecule has 7 heteroatoms. The third-order valence-electron chi connectivity index (χ3n) is 5.20. The number of unbranched alkanes of at least 4 members (excludes halogenated alkanes) is 7. The lowest BCUT2D eigenvalue weighted by Gasteiger charge is -2.08. The minimum atomic E-state index is -0.845. The Bertz CT molecular complexity index is 939. The van der Waals surface area contributed by atoms with Crippen molar-refractivity contribution in [1.29, 1.82) is 0 Å². The SMILES string of the molecule is CCCCCCCCCCC(=O)Oc1ccc(C(=O)Oc2ccc(C(=O)OCC)c(F)c2)cc1. The van der Waals surface area contributed by atoms with Crippen molar-refractivity contribution in [2.24, 2.45) is 0 Å². The molecule has 2 aromatic carbocycles. The molecule has 0 N–H and O–H groups in total. The summed E-state index contributed by atoms with van der Waals surface area (Å²) in [6.07, 6.45) is 9.54. The van der Waals surface area contributed by atoms with Crippen LogP contribution in [0.15, 0.2) is 42.5 Å². The van der Waals surface area contributed by atoms with E-state index in [9.17, 15) is 18.8 Å². The molecule has 0 heterocycles. The van der Waals surface area contributed by atoms with Gasteiger partial charge in [-0.1, -0.05) is 51.9 Å². The monoisotopic (exact) mass is 472 g/mol. The molecule has 0 spiro atoms. The Balaban J connectivity index is 1.77. The van der Waals surface area contributed by atoms with Gasteiger partial charge in [0.25, 0.3) is 0 Å². The zero-order chi connectivity index (χ0) is 24.8. The van der Waals surface area contributed by atoms with Crippen molar-refractivity contribution in [2.45, 2.75) is 71.6 Å². The van der Waals surface area contributed by atoms with Crippen LogP contribution >= 0.6 is 0 Å². The number of esters is 3. The van der Waals surface area contributed by atoms with Gasteiger partial charge in [0.15, 0.2) is 0 Å². The van der Waals surface area contributed by atoms with Crippen LogP contribution in [-0.4, -0.2) is 24.5 Å². The smallest absolute Gasteiger partial charge is 0.343 e. The van der Waals surface area contributed by atoms with E-state index in [1.54, 1.807) is 6.92 Å². The largest absolute Gasteiger partial charge is 0.462 e. The number of rotatable bonds is 14. The fourth-order valence-corrected chi connectivity index (χ4v) is 3.34. The highest BCUT2D eigenvalue weighted by atomic mass is 19.1. The van der Waals surface area contributed by atoms with E-state index in [-0.39, 0.29) is 29.5 Å². The van der Waals surface area contributed by atoms with Crippen LogP contribution < -0.4 is 9.47 Å². The van der Waals surface area contributed by atoms with Crippen LogP contribution in [0, 0.1) is 5.82 Å². The summed E-state index contributed by atoms with van der Waals surface area (Å²) in [7, 11) is 0. The first-order valence-electron chi connectivity index (χ1n) is 11.9. The highest BCUT2D eigenvalue weighted by Crippen LogP contribution is 2.20. The zero-order valence-electron chi connectivity index (χ0n) is 19.9. The molecule has 0 saturated heterocycles. The molecule has 0 bridgehead atoms. The Morgan fingerprint density at radius 1 is 0.735 bits per heavy atom. The number of benzene rings is 2. The second-order valence-electron chi connectivity index (χ2n) is 7.97. The quantitative estimate of drug-likeness (QED) is 0.174. The third-order valence-corrected chi connectivity index (χ3v) is 5.20. The average molecular weight is 473 g/mol. The van der Waals surface area contributed by atoms with Crippen LogP contribution in [0.5, 0.6) is 11.5 Å². The highest BCUT2D eigenvalue weighted by Gasteiger charge is 2.16. The van der Waals surface area contributed by atoms with Crippen LogP contribution in [0.25, 0.3) is 0 Å². The standard InChI is InChI=1S/C27H33FO6/c1-3-5-6-7-8-9-10-11-12-25(29)33-21-15-13-20(14-16-21)26(30)34-22-17-18-23(24(28)19-22)27(31)32-4-2/h13-19H,3-12H2,1-2H3. The lowest BCUT2D eigenvalue weighted by molar-refractivity contribution is -0.134. The van der Waals surface area contributed by atoms with Crippen LogP contribution in [0.3, 0.4) is 0 Å². The molecule has 34 heavy (non-hydrogen) atoms. The molecule has 0 saturated carbocycles. The van der Waals surface area contributed by atoms with Crippen LogP contribution in [0.1, 0.15) is 92.4 Å². The average Bonchev–Trinajstić information content (AvgIpc) is 2.81. The van der Waals surface area contributed by atoms with E-state index in [1.165, 1.54) is 68.5 Å². The van der Waals surface area contributed by atoms with Crippen molar-refractivity contribution in [1.82, 2.24) is 0 Å². The Morgan fingerprint density at radius 3 is 1.97 bits per heavy atom. The summed E-state index contributed by atoms with van der Waals surface area (Å²) in [5.74, 6) is -2.35. The molecule has 2 rings (SSSR count). The molecule has 0 amide bonds. The van der Waals surface area contributed by atoms with E-state index in [2.05, 4.69) is 6.92 Å². The summed E-state index contributed by atoms with van der Waals surface area (Å²) in [5.41, 5.74) is -0.0301. The molecular formula is C27H33FO6. The Kier molecular flexibility index (Phi) is 11.8. The number of carbonyl (C=O) groups excluding carboxylic acids is 3. The second-order valence-corrected chi connectivity index (χ2v) is 7.97. The molecule has 0 aliphatic heterocycles. The number of halogens is 1. The molecule has 2 aromatic rings. The van der Waals surface area contributed by atoms with Gasteiger partial charge in [-0.25, -0.2) is 14.0 Å². The second kappa shape index (κ2) is 14.8. The Morgan fingerprint density at radius 2 is 1.35 bits per heavy atom. The summed E-state index contributed by atoms with van der Waals surface area (Å²) < 4.78 is 29.3. The fourth-order valence-electron chi connectivity index (χ4n) is 3.34. The number of ether oxygens (including phenoxy) is 3. The number of carbonyl (C=O) groups is 3. The fraction of sp³-hybridized carbons (Fsp3) is 0.444. The van der Waals surface area contributed by atoms with E-state index < -0.39 is 17.8 Å². The predicted molar refractivity (Wildman–Crippen MR) is 127 cm³/mol. The lowest BCUT2D eigenvalue weighted by atomic mass is 10.1. The number of hydrogen-bond acceptors (Lipinski definition) is 6. The molecule has 0 aliphatic carbocycles. The first kappa shape index (κ1) is 27.0. The predicted octanol–water partition coefficient (Wildman–Crippen LogP) is 6.66. The summed E-state index contributed by atoms with van der Waals surface area (Å²) in [4.78, 5) is 36.0. The van der Waals surface area contributed by atoms with Crippen molar-refractivity contribution >= 4 is 17.9 Å². The van der Waals surface area contributed by atoms with Crippen molar-refractivity contribution in [3.63, 3.8) is 0 Å². The van der Waals surface area contributed by atoms with E-state index >= 15 is 0 Å². The van der Waals surface area contributed by atoms with Gasteiger partial charge in [0, 0.05) is 12.5 Å². The minimum absolute atomic E-state index is 0.0450. The Labute approximate surface area is 200 Å². The van der Waals surface area contributed by atoms with Crippen molar-refractivity contribution in [3.05, 3.63) is 59.4 Å². The van der Waals surface area contributed by atoms with Gasteiger partial charge >= 0.3 is 17.9 Å². The van der Waals surface area contributed by atoms with Crippen molar-refractivity contribution < 1.29 is 33.0 Å².